The van der Waals surface area contributed by atoms with Crippen LogP contribution in [0.15, 0.2) is 24.3 Å². The van der Waals surface area contributed by atoms with Gasteiger partial charge >= 0.3 is 0 Å². The van der Waals surface area contributed by atoms with E-state index >= 15 is 0 Å². The van der Waals surface area contributed by atoms with Crippen molar-refractivity contribution in [2.75, 3.05) is 19.7 Å². The molecule has 3 fully saturated rings. The van der Waals surface area contributed by atoms with Crippen molar-refractivity contribution in [2.24, 2.45) is 11.8 Å². The Morgan fingerprint density at radius 2 is 2.00 bits per heavy atom. The SMILES string of the molecule is CCCNC(=O)[C@H]1[C@H]2C(=O)N(CCCCO)C(C(=O)NCn3nnc4ccccc43)C23CC[C@]1(C)S3. The summed E-state index contributed by atoms with van der Waals surface area (Å²) in [5.41, 5.74) is 1.55. The van der Waals surface area contributed by atoms with Gasteiger partial charge < -0.3 is 20.6 Å². The minimum Gasteiger partial charge on any atom is -0.396 e. The number of hydrogen-bond donors (Lipinski definition) is 3. The monoisotopic (exact) mass is 514 g/mol. The predicted octanol–water partition coefficient (Wildman–Crippen LogP) is 1.29. The number of likely N-dealkylation sites (tertiary alicyclic amines) is 1. The minimum absolute atomic E-state index is 0.0295. The summed E-state index contributed by atoms with van der Waals surface area (Å²) >= 11 is 1.66. The highest BCUT2D eigenvalue weighted by atomic mass is 32.2. The highest BCUT2D eigenvalue weighted by molar-refractivity contribution is 8.02. The molecule has 0 saturated carbocycles. The average molecular weight is 515 g/mol. The number of nitrogens with zero attached hydrogens (tertiary/aromatic N) is 4. The van der Waals surface area contributed by atoms with E-state index < -0.39 is 22.6 Å². The molecule has 5 rings (SSSR count). The summed E-state index contributed by atoms with van der Waals surface area (Å²) in [5.74, 6) is -1.44. The third kappa shape index (κ3) is 3.87. The topological polar surface area (TPSA) is 129 Å². The third-order valence-corrected chi connectivity index (χ3v) is 9.97. The smallest absolute Gasteiger partial charge is 0.245 e. The molecule has 3 saturated heterocycles. The lowest BCUT2D eigenvalue weighted by Crippen LogP contribution is -2.54. The van der Waals surface area contributed by atoms with E-state index in [0.29, 0.717) is 32.4 Å². The molecule has 2 aromatic rings. The van der Waals surface area contributed by atoms with Gasteiger partial charge in [-0.2, -0.15) is 0 Å². The van der Waals surface area contributed by atoms with Crippen molar-refractivity contribution >= 4 is 40.5 Å². The first kappa shape index (κ1) is 25.0. The van der Waals surface area contributed by atoms with Gasteiger partial charge in [0, 0.05) is 24.4 Å². The molecule has 0 radical (unpaired) electrons. The van der Waals surface area contributed by atoms with Crippen molar-refractivity contribution in [2.45, 2.75) is 68.2 Å². The van der Waals surface area contributed by atoms with Crippen LogP contribution in [-0.4, -0.2) is 78.0 Å². The average Bonchev–Trinajstić information content (AvgIpc) is 3.57. The fourth-order valence-electron chi connectivity index (χ4n) is 6.40. The number of carbonyl (C=O) groups excluding carboxylic acids is 3. The fraction of sp³-hybridized carbons (Fsp3) is 0.640. The molecule has 1 aromatic carbocycles. The molecule has 194 valence electrons. The lowest BCUT2D eigenvalue weighted by Gasteiger charge is -2.34. The molecule has 10 nitrogen and oxygen atoms in total. The Balaban J connectivity index is 1.43. The number of rotatable bonds is 10. The highest BCUT2D eigenvalue weighted by Crippen LogP contribution is 2.71. The van der Waals surface area contributed by atoms with E-state index in [2.05, 4.69) is 27.9 Å². The minimum atomic E-state index is -0.681. The normalized spacial score (nSPS) is 30.7. The van der Waals surface area contributed by atoms with E-state index in [1.54, 1.807) is 21.3 Å². The van der Waals surface area contributed by atoms with E-state index in [0.717, 1.165) is 23.9 Å². The zero-order chi connectivity index (χ0) is 25.5. The molecule has 11 heteroatoms. The molecular weight excluding hydrogens is 480 g/mol. The van der Waals surface area contributed by atoms with Gasteiger partial charge in [-0.05, 0) is 51.2 Å². The molecular formula is C25H34N6O4S. The second-order valence-electron chi connectivity index (χ2n) is 10.3. The Morgan fingerprint density at radius 1 is 1.19 bits per heavy atom. The van der Waals surface area contributed by atoms with Gasteiger partial charge in [0.25, 0.3) is 0 Å². The summed E-state index contributed by atoms with van der Waals surface area (Å²) in [5, 5.41) is 23.6. The van der Waals surface area contributed by atoms with Crippen molar-refractivity contribution in [3.8, 4) is 0 Å². The number of benzene rings is 1. The lowest BCUT2D eigenvalue weighted by molar-refractivity contribution is -0.140. The van der Waals surface area contributed by atoms with Gasteiger partial charge in [-0.1, -0.05) is 24.3 Å². The van der Waals surface area contributed by atoms with Gasteiger partial charge in [0.2, 0.25) is 17.7 Å². The molecule has 4 heterocycles. The fourth-order valence-corrected chi connectivity index (χ4v) is 8.76. The van der Waals surface area contributed by atoms with Crippen molar-refractivity contribution in [3.05, 3.63) is 24.3 Å². The largest absolute Gasteiger partial charge is 0.396 e. The summed E-state index contributed by atoms with van der Waals surface area (Å²) in [7, 11) is 0. The zero-order valence-corrected chi connectivity index (χ0v) is 21.6. The number of unbranched alkanes of at least 4 members (excludes halogenated alkanes) is 1. The number of para-hydroxylation sites is 1. The maximum absolute atomic E-state index is 13.9. The Hall–Kier alpha value is -2.66. The summed E-state index contributed by atoms with van der Waals surface area (Å²) in [4.78, 5) is 42.7. The number of amides is 3. The van der Waals surface area contributed by atoms with Crippen LogP contribution in [0.1, 0.15) is 46.0 Å². The van der Waals surface area contributed by atoms with Gasteiger partial charge in [0.15, 0.2) is 0 Å². The first-order valence-electron chi connectivity index (χ1n) is 12.8. The molecule has 2 bridgehead atoms. The van der Waals surface area contributed by atoms with Crippen LogP contribution in [0.25, 0.3) is 11.0 Å². The second kappa shape index (κ2) is 9.66. The Labute approximate surface area is 214 Å². The molecule has 3 aliphatic heterocycles. The summed E-state index contributed by atoms with van der Waals surface area (Å²) in [6, 6.07) is 6.85. The van der Waals surface area contributed by atoms with E-state index in [9.17, 15) is 19.5 Å². The lowest BCUT2D eigenvalue weighted by atomic mass is 9.66. The number of carbonyl (C=O) groups is 3. The van der Waals surface area contributed by atoms with Gasteiger partial charge in [-0.3, -0.25) is 14.4 Å². The number of hydrogen-bond acceptors (Lipinski definition) is 7. The second-order valence-corrected chi connectivity index (χ2v) is 12.2. The van der Waals surface area contributed by atoms with Crippen LogP contribution in [0.4, 0.5) is 0 Å². The van der Waals surface area contributed by atoms with Crippen LogP contribution >= 0.6 is 11.8 Å². The first-order chi connectivity index (χ1) is 17.4. The van der Waals surface area contributed by atoms with Crippen molar-refractivity contribution in [1.82, 2.24) is 30.5 Å². The maximum atomic E-state index is 13.9. The molecule has 36 heavy (non-hydrogen) atoms. The predicted molar refractivity (Wildman–Crippen MR) is 136 cm³/mol. The number of aliphatic hydroxyl groups excluding tert-OH is 1. The van der Waals surface area contributed by atoms with E-state index in [4.69, 9.17) is 0 Å². The Kier molecular flexibility index (Phi) is 6.71. The van der Waals surface area contributed by atoms with Crippen molar-refractivity contribution < 1.29 is 19.5 Å². The number of nitrogens with one attached hydrogen (secondary N) is 2. The zero-order valence-electron chi connectivity index (χ0n) is 20.8. The van der Waals surface area contributed by atoms with E-state index in [1.165, 1.54) is 0 Å². The first-order valence-corrected chi connectivity index (χ1v) is 13.6. The van der Waals surface area contributed by atoms with Crippen LogP contribution in [-0.2, 0) is 21.1 Å². The number of thioether (sulfide) groups is 1. The molecule has 1 aromatic heterocycles. The van der Waals surface area contributed by atoms with Gasteiger partial charge in [0.1, 0.15) is 18.2 Å². The molecule has 5 atom stereocenters. The molecule has 3 N–H and O–H groups in total. The summed E-state index contributed by atoms with van der Waals surface area (Å²) in [6.07, 6.45) is 3.46. The highest BCUT2D eigenvalue weighted by Gasteiger charge is 2.76. The van der Waals surface area contributed by atoms with Crippen LogP contribution < -0.4 is 10.6 Å². The van der Waals surface area contributed by atoms with Crippen LogP contribution in [0.5, 0.6) is 0 Å². The quantitative estimate of drug-likeness (QED) is 0.407. The molecule has 1 spiro atoms. The summed E-state index contributed by atoms with van der Waals surface area (Å²) in [6.45, 7) is 5.18. The van der Waals surface area contributed by atoms with Crippen molar-refractivity contribution in [1.29, 1.82) is 0 Å². The van der Waals surface area contributed by atoms with Crippen LogP contribution in [0.2, 0.25) is 0 Å². The number of aliphatic hydroxyl groups is 1. The maximum Gasteiger partial charge on any atom is 0.245 e. The van der Waals surface area contributed by atoms with Crippen molar-refractivity contribution in [3.63, 3.8) is 0 Å². The van der Waals surface area contributed by atoms with Gasteiger partial charge in [-0.15, -0.1) is 16.9 Å². The van der Waals surface area contributed by atoms with Gasteiger partial charge in [0.05, 0.1) is 22.1 Å². The van der Waals surface area contributed by atoms with E-state index in [1.807, 2.05) is 31.2 Å². The molecule has 0 aliphatic carbocycles. The van der Waals surface area contributed by atoms with E-state index in [-0.39, 0.29) is 35.7 Å². The molecule has 2 unspecified atom stereocenters. The molecule has 3 aliphatic rings. The molecule has 3 amide bonds. The summed E-state index contributed by atoms with van der Waals surface area (Å²) < 4.78 is 0.612. The number of aromatic nitrogens is 3. The Bertz CT molecular complexity index is 1170. The standard InChI is InChI=1S/C25H34N6O4S/c1-3-12-26-21(33)18-19-23(35)30(13-6-7-14-32)20(25(19)11-10-24(18,2)36-25)22(34)27-15-31-17-9-5-4-8-16(17)28-29-31/h4-5,8-9,18-20,32H,3,6-7,10-15H2,1-2H3,(H,26,33)(H,27,34)/t18-,19+,20?,24+,25?/m1/s1. The van der Waals surface area contributed by atoms with Crippen LogP contribution in [0, 0.1) is 11.8 Å². The third-order valence-electron chi connectivity index (χ3n) is 7.99. The number of fused-ring (bicyclic) bond motifs is 2. The van der Waals surface area contributed by atoms with Gasteiger partial charge in [-0.25, -0.2) is 4.68 Å². The van der Waals surface area contributed by atoms with Crippen LogP contribution in [0.3, 0.4) is 0 Å². The Morgan fingerprint density at radius 3 is 2.78 bits per heavy atom.